The fraction of sp³-hybridized carbons (Fsp3) is 0.0833. The molecule has 0 amide bonds. The zero-order chi connectivity index (χ0) is 12.7. The molecule has 92 valence electrons. The van der Waals surface area contributed by atoms with E-state index in [1.165, 1.54) is 11.3 Å². The number of nitrogens with zero attached hydrogens (tertiary/aromatic N) is 2. The first kappa shape index (κ1) is 11.8. The standard InChI is InChI=1S/C12H9Cl2N3S/c13-8-2-1-3-9-11(8)17(12(15)16-9)6-7-4-5-10(14)18-7/h1-5H,6H2,(H2,15,16). The third kappa shape index (κ3) is 1.96. The molecule has 0 aliphatic carbocycles. The van der Waals surface area contributed by atoms with Crippen molar-refractivity contribution in [3.8, 4) is 0 Å². The van der Waals surface area contributed by atoms with Gasteiger partial charge >= 0.3 is 0 Å². The molecule has 0 aliphatic rings. The van der Waals surface area contributed by atoms with Gasteiger partial charge in [0.05, 0.1) is 26.9 Å². The maximum Gasteiger partial charge on any atom is 0.201 e. The van der Waals surface area contributed by atoms with Crippen LogP contribution in [0.25, 0.3) is 11.0 Å². The van der Waals surface area contributed by atoms with E-state index < -0.39 is 0 Å². The lowest BCUT2D eigenvalue weighted by Crippen LogP contribution is -2.03. The lowest BCUT2D eigenvalue weighted by atomic mass is 10.3. The largest absolute Gasteiger partial charge is 0.369 e. The molecule has 2 N–H and O–H groups in total. The molecule has 3 aromatic rings. The van der Waals surface area contributed by atoms with Crippen LogP contribution in [0.4, 0.5) is 5.95 Å². The quantitative estimate of drug-likeness (QED) is 0.776. The first-order valence-corrected chi connectivity index (χ1v) is 6.87. The number of nitrogen functional groups attached to an aromatic ring is 1. The highest BCUT2D eigenvalue weighted by Crippen LogP contribution is 2.28. The second kappa shape index (κ2) is 4.46. The molecule has 6 heteroatoms. The number of hydrogen-bond donors (Lipinski definition) is 1. The number of thiophene rings is 1. The van der Waals surface area contributed by atoms with Crippen LogP contribution >= 0.6 is 34.5 Å². The van der Waals surface area contributed by atoms with Crippen LogP contribution in [0.15, 0.2) is 30.3 Å². The maximum absolute atomic E-state index is 6.21. The average molecular weight is 298 g/mol. The molecule has 0 unspecified atom stereocenters. The highest BCUT2D eigenvalue weighted by molar-refractivity contribution is 7.16. The van der Waals surface area contributed by atoms with Crippen molar-refractivity contribution in [2.24, 2.45) is 0 Å². The Bertz CT molecular complexity index is 717. The summed E-state index contributed by atoms with van der Waals surface area (Å²) in [6.07, 6.45) is 0. The van der Waals surface area contributed by atoms with E-state index in [2.05, 4.69) is 4.98 Å². The Morgan fingerprint density at radius 1 is 1.22 bits per heavy atom. The molecule has 3 nitrogen and oxygen atoms in total. The first-order chi connectivity index (χ1) is 8.65. The Balaban J connectivity index is 2.13. The van der Waals surface area contributed by atoms with E-state index in [9.17, 15) is 0 Å². The molecule has 0 bridgehead atoms. The van der Waals surface area contributed by atoms with Crippen molar-refractivity contribution < 1.29 is 0 Å². The van der Waals surface area contributed by atoms with Crippen molar-refractivity contribution >= 4 is 51.5 Å². The molecule has 0 radical (unpaired) electrons. The van der Waals surface area contributed by atoms with Gasteiger partial charge in [-0.3, -0.25) is 0 Å². The minimum Gasteiger partial charge on any atom is -0.369 e. The van der Waals surface area contributed by atoms with Crippen molar-refractivity contribution in [2.75, 3.05) is 5.73 Å². The van der Waals surface area contributed by atoms with E-state index in [4.69, 9.17) is 28.9 Å². The van der Waals surface area contributed by atoms with E-state index in [0.29, 0.717) is 17.5 Å². The second-order valence-corrected chi connectivity index (χ2v) is 6.08. The minimum absolute atomic E-state index is 0.461. The molecular weight excluding hydrogens is 289 g/mol. The number of aromatic nitrogens is 2. The summed E-state index contributed by atoms with van der Waals surface area (Å²) in [6.45, 7) is 0.628. The number of hydrogen-bond acceptors (Lipinski definition) is 3. The summed E-state index contributed by atoms with van der Waals surface area (Å²) in [5.41, 5.74) is 7.61. The topological polar surface area (TPSA) is 43.8 Å². The van der Waals surface area contributed by atoms with E-state index >= 15 is 0 Å². The highest BCUT2D eigenvalue weighted by Gasteiger charge is 2.12. The Morgan fingerprint density at radius 2 is 2.06 bits per heavy atom. The molecule has 0 saturated carbocycles. The van der Waals surface area contributed by atoms with Crippen molar-refractivity contribution in [3.05, 3.63) is 44.6 Å². The van der Waals surface area contributed by atoms with Crippen LogP contribution < -0.4 is 5.73 Å². The van der Waals surface area contributed by atoms with E-state index in [-0.39, 0.29) is 0 Å². The number of para-hydroxylation sites is 1. The van der Waals surface area contributed by atoms with Crippen LogP contribution in [-0.4, -0.2) is 9.55 Å². The predicted molar refractivity (Wildman–Crippen MR) is 77.6 cm³/mol. The Hall–Kier alpha value is -1.23. The Kier molecular flexibility index (Phi) is 2.93. The summed E-state index contributed by atoms with van der Waals surface area (Å²) in [5.74, 6) is 0.461. The number of anilines is 1. The van der Waals surface area contributed by atoms with Gasteiger partial charge in [0.15, 0.2) is 0 Å². The number of nitrogens with two attached hydrogens (primary N) is 1. The zero-order valence-corrected chi connectivity index (χ0v) is 11.6. The van der Waals surface area contributed by atoms with Gasteiger partial charge < -0.3 is 10.3 Å². The monoisotopic (exact) mass is 297 g/mol. The van der Waals surface area contributed by atoms with Gasteiger partial charge in [0.2, 0.25) is 5.95 Å². The van der Waals surface area contributed by atoms with Gasteiger partial charge in [0, 0.05) is 4.88 Å². The number of fused-ring (bicyclic) bond motifs is 1. The van der Waals surface area contributed by atoms with Crippen molar-refractivity contribution in [1.82, 2.24) is 9.55 Å². The minimum atomic E-state index is 0.461. The Labute approximate surface area is 118 Å². The number of rotatable bonds is 2. The van der Waals surface area contributed by atoms with Crippen LogP contribution in [0.3, 0.4) is 0 Å². The van der Waals surface area contributed by atoms with Crippen LogP contribution in [0.2, 0.25) is 9.36 Å². The molecule has 2 heterocycles. The lowest BCUT2D eigenvalue weighted by molar-refractivity contribution is 0.853. The summed E-state index contributed by atoms with van der Waals surface area (Å²) in [6, 6.07) is 9.45. The molecule has 0 aliphatic heterocycles. The predicted octanol–water partition coefficient (Wildman–Crippen LogP) is 4.04. The van der Waals surface area contributed by atoms with Crippen LogP contribution in [0.1, 0.15) is 4.88 Å². The zero-order valence-electron chi connectivity index (χ0n) is 9.23. The number of benzene rings is 1. The van der Waals surface area contributed by atoms with Gasteiger partial charge in [-0.1, -0.05) is 29.3 Å². The molecule has 3 rings (SSSR count). The van der Waals surface area contributed by atoms with Gasteiger partial charge in [0.1, 0.15) is 0 Å². The molecule has 0 spiro atoms. The van der Waals surface area contributed by atoms with Gasteiger partial charge in [-0.25, -0.2) is 4.98 Å². The second-order valence-electron chi connectivity index (χ2n) is 3.87. The van der Waals surface area contributed by atoms with Crippen LogP contribution in [-0.2, 0) is 6.54 Å². The molecular formula is C12H9Cl2N3S. The fourth-order valence-electron chi connectivity index (χ4n) is 1.91. The molecule has 2 aromatic heterocycles. The number of halogens is 2. The van der Waals surface area contributed by atoms with E-state index in [1.54, 1.807) is 0 Å². The molecule has 0 saturated heterocycles. The fourth-order valence-corrected chi connectivity index (χ4v) is 3.26. The SMILES string of the molecule is Nc1nc2cccc(Cl)c2n1Cc1ccc(Cl)s1. The van der Waals surface area contributed by atoms with Gasteiger partial charge in [-0.15, -0.1) is 11.3 Å². The molecule has 0 fully saturated rings. The van der Waals surface area contributed by atoms with Gasteiger partial charge in [-0.05, 0) is 24.3 Å². The van der Waals surface area contributed by atoms with Gasteiger partial charge in [0.25, 0.3) is 0 Å². The van der Waals surface area contributed by atoms with Crippen LogP contribution in [0, 0.1) is 0 Å². The van der Waals surface area contributed by atoms with Gasteiger partial charge in [-0.2, -0.15) is 0 Å². The lowest BCUT2D eigenvalue weighted by Gasteiger charge is -2.05. The Morgan fingerprint density at radius 3 is 2.78 bits per heavy atom. The third-order valence-corrected chi connectivity index (χ3v) is 4.21. The van der Waals surface area contributed by atoms with E-state index in [1.807, 2.05) is 34.9 Å². The van der Waals surface area contributed by atoms with Crippen molar-refractivity contribution in [3.63, 3.8) is 0 Å². The summed E-state index contributed by atoms with van der Waals surface area (Å²) in [4.78, 5) is 5.42. The molecule has 1 aromatic carbocycles. The third-order valence-electron chi connectivity index (χ3n) is 2.69. The summed E-state index contributed by atoms with van der Waals surface area (Å²) in [5, 5.41) is 0.652. The number of imidazole rings is 1. The summed E-state index contributed by atoms with van der Waals surface area (Å²) >= 11 is 13.7. The molecule has 18 heavy (non-hydrogen) atoms. The van der Waals surface area contributed by atoms with Crippen LogP contribution in [0.5, 0.6) is 0 Å². The van der Waals surface area contributed by atoms with Crippen molar-refractivity contribution in [1.29, 1.82) is 0 Å². The molecule has 0 atom stereocenters. The normalized spacial score (nSPS) is 11.2. The summed E-state index contributed by atoms with van der Waals surface area (Å²) < 4.78 is 2.67. The highest BCUT2D eigenvalue weighted by atomic mass is 35.5. The first-order valence-electron chi connectivity index (χ1n) is 5.29. The van der Waals surface area contributed by atoms with Crippen molar-refractivity contribution in [2.45, 2.75) is 6.54 Å². The summed E-state index contributed by atoms with van der Waals surface area (Å²) in [7, 11) is 0. The maximum atomic E-state index is 6.21. The van der Waals surface area contributed by atoms with E-state index in [0.717, 1.165) is 20.2 Å². The smallest absolute Gasteiger partial charge is 0.201 e. The average Bonchev–Trinajstić information content (AvgIpc) is 2.85.